The van der Waals surface area contributed by atoms with Gasteiger partial charge in [0.05, 0.1) is 0 Å². The molecule has 2 heteroatoms. The SMILES string of the molecule is CNCC(F)c1cccc(C)c1. The summed E-state index contributed by atoms with van der Waals surface area (Å²) < 4.78 is 13.3. The number of rotatable bonds is 3. The molecule has 1 unspecified atom stereocenters. The number of hydrogen-bond donors (Lipinski definition) is 1. The van der Waals surface area contributed by atoms with Gasteiger partial charge in [-0.15, -0.1) is 0 Å². The first-order valence-corrected chi connectivity index (χ1v) is 4.09. The molecule has 1 N–H and O–H groups in total. The third-order valence-corrected chi connectivity index (χ3v) is 1.79. The second-order valence-corrected chi connectivity index (χ2v) is 2.94. The fourth-order valence-corrected chi connectivity index (χ4v) is 1.16. The van der Waals surface area contributed by atoms with E-state index in [1.165, 1.54) is 0 Å². The van der Waals surface area contributed by atoms with E-state index < -0.39 is 6.17 Å². The van der Waals surface area contributed by atoms with Crippen LogP contribution in [0.3, 0.4) is 0 Å². The van der Waals surface area contributed by atoms with Crippen LogP contribution in [0.15, 0.2) is 24.3 Å². The van der Waals surface area contributed by atoms with Crippen LogP contribution in [0.5, 0.6) is 0 Å². The summed E-state index contributed by atoms with van der Waals surface area (Å²) in [6, 6.07) is 7.54. The van der Waals surface area contributed by atoms with Crippen LogP contribution in [-0.2, 0) is 0 Å². The van der Waals surface area contributed by atoms with Gasteiger partial charge in [-0.25, -0.2) is 4.39 Å². The average Bonchev–Trinajstić information content (AvgIpc) is 2.05. The van der Waals surface area contributed by atoms with Gasteiger partial charge in [0.1, 0.15) is 6.17 Å². The Hall–Kier alpha value is -0.890. The first-order valence-electron chi connectivity index (χ1n) is 4.09. The molecule has 0 radical (unpaired) electrons. The fraction of sp³-hybridized carbons (Fsp3) is 0.400. The van der Waals surface area contributed by atoms with Gasteiger partial charge in [-0.1, -0.05) is 29.8 Å². The van der Waals surface area contributed by atoms with Crippen molar-refractivity contribution in [2.75, 3.05) is 13.6 Å². The number of benzene rings is 1. The lowest BCUT2D eigenvalue weighted by atomic mass is 10.1. The zero-order valence-corrected chi connectivity index (χ0v) is 7.47. The molecule has 12 heavy (non-hydrogen) atoms. The number of halogens is 1. The van der Waals surface area contributed by atoms with Gasteiger partial charge in [0.25, 0.3) is 0 Å². The van der Waals surface area contributed by atoms with Crippen LogP contribution < -0.4 is 5.32 Å². The van der Waals surface area contributed by atoms with Crippen LogP contribution in [0.25, 0.3) is 0 Å². The van der Waals surface area contributed by atoms with Crippen molar-refractivity contribution in [3.8, 4) is 0 Å². The Balaban J connectivity index is 2.73. The second kappa shape index (κ2) is 4.21. The second-order valence-electron chi connectivity index (χ2n) is 2.94. The average molecular weight is 167 g/mol. The molecule has 0 saturated heterocycles. The van der Waals surface area contributed by atoms with Gasteiger partial charge in [-0.05, 0) is 19.5 Å². The molecular formula is C10H14FN. The Morgan fingerprint density at radius 2 is 2.25 bits per heavy atom. The summed E-state index contributed by atoms with van der Waals surface area (Å²) in [6.45, 7) is 2.35. The van der Waals surface area contributed by atoms with Crippen LogP contribution in [-0.4, -0.2) is 13.6 Å². The van der Waals surface area contributed by atoms with Gasteiger partial charge in [-0.3, -0.25) is 0 Å². The molecule has 0 amide bonds. The van der Waals surface area contributed by atoms with Crippen LogP contribution in [0.2, 0.25) is 0 Å². The third-order valence-electron chi connectivity index (χ3n) is 1.79. The molecule has 0 heterocycles. The molecule has 1 nitrogen and oxygen atoms in total. The van der Waals surface area contributed by atoms with Crippen molar-refractivity contribution in [3.05, 3.63) is 35.4 Å². The van der Waals surface area contributed by atoms with E-state index >= 15 is 0 Å². The third kappa shape index (κ3) is 2.31. The minimum absolute atomic E-state index is 0.378. The van der Waals surface area contributed by atoms with Gasteiger partial charge >= 0.3 is 0 Å². The Bertz CT molecular complexity index is 247. The molecule has 0 aliphatic rings. The molecule has 0 aromatic heterocycles. The van der Waals surface area contributed by atoms with Gasteiger partial charge in [0.2, 0.25) is 0 Å². The Morgan fingerprint density at radius 1 is 1.50 bits per heavy atom. The summed E-state index contributed by atoms with van der Waals surface area (Å²) in [5, 5.41) is 2.81. The van der Waals surface area contributed by atoms with Crippen LogP contribution in [0.4, 0.5) is 4.39 Å². The zero-order chi connectivity index (χ0) is 8.97. The van der Waals surface area contributed by atoms with E-state index in [0.29, 0.717) is 6.54 Å². The Kier molecular flexibility index (Phi) is 3.23. The van der Waals surface area contributed by atoms with E-state index in [-0.39, 0.29) is 0 Å². The molecule has 0 bridgehead atoms. The van der Waals surface area contributed by atoms with E-state index in [1.807, 2.05) is 31.2 Å². The summed E-state index contributed by atoms with van der Waals surface area (Å²) in [6.07, 6.45) is -0.894. The highest BCUT2D eigenvalue weighted by Crippen LogP contribution is 2.16. The molecule has 0 fully saturated rings. The molecule has 1 aromatic rings. The molecule has 1 aromatic carbocycles. The predicted octanol–water partition coefficient (Wildman–Crippen LogP) is 2.23. The molecule has 1 rings (SSSR count). The highest BCUT2D eigenvalue weighted by atomic mass is 19.1. The predicted molar refractivity (Wildman–Crippen MR) is 49.0 cm³/mol. The van der Waals surface area contributed by atoms with Crippen molar-refractivity contribution in [1.29, 1.82) is 0 Å². The van der Waals surface area contributed by atoms with Gasteiger partial charge in [0, 0.05) is 6.54 Å². The van der Waals surface area contributed by atoms with Gasteiger partial charge < -0.3 is 5.32 Å². The number of likely N-dealkylation sites (N-methyl/N-ethyl adjacent to an activating group) is 1. The lowest BCUT2D eigenvalue weighted by Gasteiger charge is -2.07. The summed E-state index contributed by atoms with van der Waals surface area (Å²) >= 11 is 0. The molecule has 66 valence electrons. The minimum atomic E-state index is -0.894. The van der Waals surface area contributed by atoms with Crippen molar-refractivity contribution in [3.63, 3.8) is 0 Å². The number of aryl methyl sites for hydroxylation is 1. The van der Waals surface area contributed by atoms with Crippen molar-refractivity contribution in [2.45, 2.75) is 13.1 Å². The maximum Gasteiger partial charge on any atom is 0.137 e. The summed E-state index contributed by atoms with van der Waals surface area (Å²) in [7, 11) is 1.75. The fourth-order valence-electron chi connectivity index (χ4n) is 1.16. The first kappa shape index (κ1) is 9.20. The largest absolute Gasteiger partial charge is 0.317 e. The van der Waals surface area contributed by atoms with E-state index in [0.717, 1.165) is 11.1 Å². The smallest absolute Gasteiger partial charge is 0.137 e. The van der Waals surface area contributed by atoms with Crippen molar-refractivity contribution in [2.24, 2.45) is 0 Å². The summed E-state index contributed by atoms with van der Waals surface area (Å²) in [5.74, 6) is 0. The Labute approximate surface area is 72.6 Å². The molecule has 0 saturated carbocycles. The standard InChI is InChI=1S/C10H14FN/c1-8-4-3-5-9(6-8)10(11)7-12-2/h3-6,10,12H,7H2,1-2H3. The Morgan fingerprint density at radius 3 is 2.83 bits per heavy atom. The number of hydrogen-bond acceptors (Lipinski definition) is 1. The minimum Gasteiger partial charge on any atom is -0.317 e. The molecule has 0 spiro atoms. The zero-order valence-electron chi connectivity index (χ0n) is 7.47. The number of nitrogens with one attached hydrogen (secondary N) is 1. The topological polar surface area (TPSA) is 12.0 Å². The highest BCUT2D eigenvalue weighted by Gasteiger charge is 2.07. The van der Waals surface area contributed by atoms with Crippen molar-refractivity contribution >= 4 is 0 Å². The lowest BCUT2D eigenvalue weighted by molar-refractivity contribution is 0.335. The van der Waals surface area contributed by atoms with Crippen molar-refractivity contribution < 1.29 is 4.39 Å². The molecule has 0 aliphatic heterocycles. The van der Waals surface area contributed by atoms with Crippen LogP contribution in [0, 0.1) is 6.92 Å². The van der Waals surface area contributed by atoms with Crippen LogP contribution >= 0.6 is 0 Å². The summed E-state index contributed by atoms with van der Waals surface area (Å²) in [5.41, 5.74) is 1.86. The normalized spacial score (nSPS) is 12.9. The van der Waals surface area contributed by atoms with Gasteiger partial charge in [-0.2, -0.15) is 0 Å². The van der Waals surface area contributed by atoms with Crippen LogP contribution in [0.1, 0.15) is 17.3 Å². The summed E-state index contributed by atoms with van der Waals surface area (Å²) in [4.78, 5) is 0. The lowest BCUT2D eigenvalue weighted by Crippen LogP contribution is -2.13. The van der Waals surface area contributed by atoms with E-state index in [4.69, 9.17) is 0 Å². The molecular weight excluding hydrogens is 153 g/mol. The highest BCUT2D eigenvalue weighted by molar-refractivity contribution is 5.24. The number of alkyl halides is 1. The maximum absolute atomic E-state index is 13.3. The molecule has 0 aliphatic carbocycles. The van der Waals surface area contributed by atoms with E-state index in [1.54, 1.807) is 7.05 Å². The van der Waals surface area contributed by atoms with E-state index in [2.05, 4.69) is 5.32 Å². The van der Waals surface area contributed by atoms with Crippen molar-refractivity contribution in [1.82, 2.24) is 5.32 Å². The quantitative estimate of drug-likeness (QED) is 0.728. The molecule has 1 atom stereocenters. The van der Waals surface area contributed by atoms with Gasteiger partial charge in [0.15, 0.2) is 0 Å². The monoisotopic (exact) mass is 167 g/mol. The van der Waals surface area contributed by atoms with E-state index in [9.17, 15) is 4.39 Å². The first-order chi connectivity index (χ1) is 5.74. The maximum atomic E-state index is 13.3.